The van der Waals surface area contributed by atoms with Crippen molar-refractivity contribution in [3.8, 4) is 0 Å². The number of nitrogens with one attached hydrogen (secondary N) is 1. The second kappa shape index (κ2) is 10.9. The number of hydrogen-bond acceptors (Lipinski definition) is 4. The van der Waals surface area contributed by atoms with E-state index in [2.05, 4.69) is 4.72 Å². The summed E-state index contributed by atoms with van der Waals surface area (Å²) in [6.45, 7) is 3.02. The summed E-state index contributed by atoms with van der Waals surface area (Å²) in [6.07, 6.45) is -4.27. The number of amides is 1. The molecule has 1 fully saturated rings. The van der Waals surface area contributed by atoms with Crippen molar-refractivity contribution in [3.63, 3.8) is 0 Å². The van der Waals surface area contributed by atoms with Crippen LogP contribution in [-0.4, -0.2) is 51.4 Å². The number of hydrogen-bond donors (Lipinski definition) is 1. The molecule has 37 heavy (non-hydrogen) atoms. The summed E-state index contributed by atoms with van der Waals surface area (Å²) in [7, 11) is -3.97. The lowest BCUT2D eigenvalue weighted by molar-refractivity contribution is -0.137. The van der Waals surface area contributed by atoms with Gasteiger partial charge in [0.1, 0.15) is 6.04 Å². The maximum absolute atomic E-state index is 13.5. The van der Waals surface area contributed by atoms with Crippen LogP contribution in [0.2, 0.25) is 0 Å². The highest BCUT2D eigenvalue weighted by molar-refractivity contribution is 7.89. The molecule has 1 N–H and O–H groups in total. The van der Waals surface area contributed by atoms with Crippen molar-refractivity contribution in [2.75, 3.05) is 31.1 Å². The zero-order chi connectivity index (χ0) is 26.6. The third-order valence-electron chi connectivity index (χ3n) is 6.34. The van der Waals surface area contributed by atoms with E-state index in [4.69, 9.17) is 0 Å². The van der Waals surface area contributed by atoms with E-state index in [1.165, 1.54) is 18.2 Å². The molecule has 0 aromatic heterocycles. The molecule has 0 radical (unpaired) electrons. The molecule has 1 aliphatic rings. The van der Waals surface area contributed by atoms with Gasteiger partial charge in [-0.2, -0.15) is 17.9 Å². The van der Waals surface area contributed by atoms with Crippen molar-refractivity contribution in [2.45, 2.75) is 30.5 Å². The fourth-order valence-electron chi connectivity index (χ4n) is 4.29. The number of piperazine rings is 1. The Balaban J connectivity index is 1.49. The third-order valence-corrected chi connectivity index (χ3v) is 7.83. The number of sulfonamides is 1. The molecule has 3 aromatic rings. The van der Waals surface area contributed by atoms with Crippen LogP contribution in [0.4, 0.5) is 18.9 Å². The highest BCUT2D eigenvalue weighted by atomic mass is 32.2. The Morgan fingerprint density at radius 1 is 0.919 bits per heavy atom. The zero-order valence-corrected chi connectivity index (χ0v) is 21.1. The van der Waals surface area contributed by atoms with Crippen LogP contribution in [0.3, 0.4) is 0 Å². The summed E-state index contributed by atoms with van der Waals surface area (Å²) in [5.74, 6) is -0.372. The van der Waals surface area contributed by atoms with Gasteiger partial charge >= 0.3 is 6.18 Å². The van der Waals surface area contributed by atoms with Crippen molar-refractivity contribution in [1.29, 1.82) is 0 Å². The summed E-state index contributed by atoms with van der Waals surface area (Å²) < 4.78 is 68.1. The molecule has 10 heteroatoms. The topological polar surface area (TPSA) is 69.7 Å². The molecular weight excluding hydrogens is 503 g/mol. The molecule has 1 atom stereocenters. The third kappa shape index (κ3) is 6.69. The van der Waals surface area contributed by atoms with Crippen LogP contribution in [0, 0.1) is 6.92 Å². The van der Waals surface area contributed by atoms with Gasteiger partial charge in [0, 0.05) is 31.9 Å². The number of benzene rings is 3. The van der Waals surface area contributed by atoms with E-state index >= 15 is 0 Å². The van der Waals surface area contributed by atoms with Crippen LogP contribution in [0.1, 0.15) is 16.7 Å². The first-order chi connectivity index (χ1) is 17.5. The van der Waals surface area contributed by atoms with E-state index in [9.17, 15) is 26.4 Å². The van der Waals surface area contributed by atoms with Gasteiger partial charge in [0.05, 0.1) is 10.5 Å². The van der Waals surface area contributed by atoms with E-state index in [1.54, 1.807) is 28.0 Å². The summed E-state index contributed by atoms with van der Waals surface area (Å²) in [6, 6.07) is 19.6. The summed E-state index contributed by atoms with van der Waals surface area (Å²) in [5, 5.41) is 0. The summed E-state index contributed by atoms with van der Waals surface area (Å²) in [4.78, 5) is 17.0. The molecule has 0 unspecified atom stereocenters. The number of halogens is 3. The number of carbonyl (C=O) groups is 1. The molecule has 0 bridgehead atoms. The number of carbonyl (C=O) groups excluding carboxylic acids is 1. The lowest BCUT2D eigenvalue weighted by atomic mass is 10.1. The Bertz CT molecular complexity index is 1320. The normalized spacial score (nSPS) is 15.5. The Morgan fingerprint density at radius 3 is 2.19 bits per heavy atom. The van der Waals surface area contributed by atoms with E-state index in [0.717, 1.165) is 23.3 Å². The van der Waals surface area contributed by atoms with Gasteiger partial charge in [-0.15, -0.1) is 0 Å². The Hall–Kier alpha value is -3.37. The van der Waals surface area contributed by atoms with Gasteiger partial charge in [-0.25, -0.2) is 8.42 Å². The van der Waals surface area contributed by atoms with Gasteiger partial charge in [0.25, 0.3) is 0 Å². The molecule has 196 valence electrons. The minimum absolute atomic E-state index is 0.0679. The van der Waals surface area contributed by atoms with Crippen molar-refractivity contribution < 1.29 is 26.4 Å². The Morgan fingerprint density at radius 2 is 1.57 bits per heavy atom. The zero-order valence-electron chi connectivity index (χ0n) is 20.3. The van der Waals surface area contributed by atoms with E-state index in [0.29, 0.717) is 18.8 Å². The number of anilines is 1. The van der Waals surface area contributed by atoms with Crippen molar-refractivity contribution in [3.05, 3.63) is 95.6 Å². The standard InChI is InChI=1S/C27H28F3N3O3S/c1-20-10-12-24(13-11-20)37(35,36)31-25(18-21-6-3-2-4-7-21)26(34)33-16-14-32(15-17-33)23-9-5-8-22(19-23)27(28,29)30/h2-13,19,25,31H,14-18H2,1H3/t25-/m0/s1. The molecule has 1 heterocycles. The van der Waals surface area contributed by atoms with Crippen LogP contribution in [0.15, 0.2) is 83.8 Å². The van der Waals surface area contributed by atoms with E-state index in [-0.39, 0.29) is 30.3 Å². The van der Waals surface area contributed by atoms with Crippen LogP contribution < -0.4 is 9.62 Å². The average molecular weight is 532 g/mol. The van der Waals surface area contributed by atoms with Crippen LogP contribution >= 0.6 is 0 Å². The van der Waals surface area contributed by atoms with Crippen molar-refractivity contribution >= 4 is 21.6 Å². The van der Waals surface area contributed by atoms with Crippen molar-refractivity contribution in [2.24, 2.45) is 0 Å². The van der Waals surface area contributed by atoms with Crippen molar-refractivity contribution in [1.82, 2.24) is 9.62 Å². The second-order valence-electron chi connectivity index (χ2n) is 9.04. The second-order valence-corrected chi connectivity index (χ2v) is 10.8. The minimum atomic E-state index is -4.44. The minimum Gasteiger partial charge on any atom is -0.368 e. The van der Waals surface area contributed by atoms with Gasteiger partial charge in [0.15, 0.2) is 0 Å². The highest BCUT2D eigenvalue weighted by Crippen LogP contribution is 2.32. The van der Waals surface area contributed by atoms with Gasteiger partial charge in [-0.05, 0) is 49.2 Å². The SMILES string of the molecule is Cc1ccc(S(=O)(=O)N[C@@H](Cc2ccccc2)C(=O)N2CCN(c3cccc(C(F)(F)F)c3)CC2)cc1. The quantitative estimate of drug-likeness (QED) is 0.495. The maximum Gasteiger partial charge on any atom is 0.416 e. The molecule has 0 aliphatic carbocycles. The first kappa shape index (κ1) is 26.7. The maximum atomic E-state index is 13.5. The Kier molecular flexibility index (Phi) is 7.89. The summed E-state index contributed by atoms with van der Waals surface area (Å²) >= 11 is 0. The smallest absolute Gasteiger partial charge is 0.368 e. The highest BCUT2D eigenvalue weighted by Gasteiger charge is 2.33. The molecule has 6 nitrogen and oxygen atoms in total. The van der Waals surface area contributed by atoms with Crippen LogP contribution in [-0.2, 0) is 27.4 Å². The molecule has 1 amide bonds. The number of alkyl halides is 3. The number of nitrogens with zero attached hydrogens (tertiary/aromatic N) is 2. The molecule has 1 saturated heterocycles. The van der Waals surface area contributed by atoms with Crippen LogP contribution in [0.25, 0.3) is 0 Å². The van der Waals surface area contributed by atoms with E-state index in [1.807, 2.05) is 37.3 Å². The lowest BCUT2D eigenvalue weighted by Gasteiger charge is -2.38. The molecule has 4 rings (SSSR count). The fraction of sp³-hybridized carbons (Fsp3) is 0.296. The number of aryl methyl sites for hydroxylation is 1. The average Bonchev–Trinajstić information content (AvgIpc) is 2.88. The molecular formula is C27H28F3N3O3S. The van der Waals surface area contributed by atoms with Crippen LogP contribution in [0.5, 0.6) is 0 Å². The van der Waals surface area contributed by atoms with E-state index < -0.39 is 27.8 Å². The first-order valence-electron chi connectivity index (χ1n) is 11.9. The molecule has 0 saturated carbocycles. The van der Waals surface area contributed by atoms with Gasteiger partial charge in [-0.3, -0.25) is 4.79 Å². The Labute approximate surface area is 214 Å². The first-order valence-corrected chi connectivity index (χ1v) is 13.4. The summed E-state index contributed by atoms with van der Waals surface area (Å²) in [5.41, 5.74) is 1.42. The molecule has 0 spiro atoms. The predicted molar refractivity (Wildman–Crippen MR) is 136 cm³/mol. The monoisotopic (exact) mass is 531 g/mol. The lowest BCUT2D eigenvalue weighted by Crippen LogP contribution is -2.55. The predicted octanol–water partition coefficient (Wildman–Crippen LogP) is 4.25. The fourth-order valence-corrected chi connectivity index (χ4v) is 5.48. The van der Waals surface area contributed by atoms with Gasteiger partial charge < -0.3 is 9.80 Å². The number of rotatable bonds is 7. The van der Waals surface area contributed by atoms with Gasteiger partial charge in [0.2, 0.25) is 15.9 Å². The largest absolute Gasteiger partial charge is 0.416 e. The molecule has 3 aromatic carbocycles. The van der Waals surface area contributed by atoms with Gasteiger partial charge in [-0.1, -0.05) is 54.1 Å². The molecule has 1 aliphatic heterocycles.